The molecule has 0 aromatic rings. The molecule has 29 heavy (non-hydrogen) atoms. The van der Waals surface area contributed by atoms with Crippen molar-refractivity contribution in [3.8, 4) is 0 Å². The van der Waals surface area contributed by atoms with Crippen LogP contribution >= 0.6 is 0 Å². The van der Waals surface area contributed by atoms with Crippen LogP contribution in [0.4, 0.5) is 0 Å². The summed E-state index contributed by atoms with van der Waals surface area (Å²) in [4.78, 5) is 2.65. The number of hydrogen-bond acceptors (Lipinski definition) is 9. The van der Waals surface area contributed by atoms with E-state index in [2.05, 4.69) is 16.9 Å². The highest BCUT2D eigenvalue weighted by atomic mass is 16.7. The molecule has 8 atom stereocenters. The highest BCUT2D eigenvalue weighted by molar-refractivity contribution is 4.93. The molecule has 0 unspecified atom stereocenters. The van der Waals surface area contributed by atoms with Crippen LogP contribution in [-0.2, 0) is 18.9 Å². The molecule has 11 heteroatoms. The fourth-order valence-corrected chi connectivity index (χ4v) is 3.45. The molecule has 0 spiro atoms. The van der Waals surface area contributed by atoms with Gasteiger partial charge in [-0.1, -0.05) is 44.1 Å². The third kappa shape index (κ3) is 6.74. The quantitative estimate of drug-likeness (QED) is 0.146. The first-order valence-electron chi connectivity index (χ1n) is 10.3. The van der Waals surface area contributed by atoms with Crippen molar-refractivity contribution >= 4 is 0 Å². The highest BCUT2D eigenvalue weighted by Gasteiger charge is 2.47. The fraction of sp³-hybridized carbons (Fsp3) is 1.00. The van der Waals surface area contributed by atoms with Crippen molar-refractivity contribution in [2.24, 2.45) is 5.11 Å². The summed E-state index contributed by atoms with van der Waals surface area (Å²) in [7, 11) is 0. The number of ether oxygens (including phenoxy) is 4. The minimum atomic E-state index is -1.22. The van der Waals surface area contributed by atoms with Crippen molar-refractivity contribution in [3.63, 3.8) is 0 Å². The smallest absolute Gasteiger partial charge is 0.186 e. The molecule has 2 rings (SSSR count). The second-order valence-corrected chi connectivity index (χ2v) is 7.41. The van der Waals surface area contributed by atoms with E-state index in [1.807, 2.05) is 0 Å². The fourth-order valence-electron chi connectivity index (χ4n) is 3.45. The largest absolute Gasteiger partial charge is 0.394 e. The molecule has 0 aliphatic carbocycles. The number of unbranched alkanes of at least 4 members (excludes halogenated alkanes) is 5. The molecule has 0 aromatic heterocycles. The Morgan fingerprint density at radius 2 is 1.59 bits per heavy atom. The molecular formula is C18H33N3O8. The summed E-state index contributed by atoms with van der Waals surface area (Å²) in [6, 6.07) is -1.04. The SMILES string of the molecule is CCCCCCCCO[C@H]1O[C@H](CO[C@H]2O[C@H](CO)[C@@H](O)[C@@H]2N=[N+]=[N-])[C@@H](O)[C@@H]1O. The Kier molecular flexibility index (Phi) is 10.6. The van der Waals surface area contributed by atoms with Gasteiger partial charge in [-0.2, -0.15) is 0 Å². The van der Waals surface area contributed by atoms with Gasteiger partial charge in [0.25, 0.3) is 0 Å². The standard InChI is InChI=1S/C18H33N3O8/c1-2-3-4-5-6-7-8-26-18-16(25)15(24)12(29-18)10-27-17-13(20-21-19)14(23)11(9-22)28-17/h11-18,22-25H,2-10H2,1H3/t11-,12-,13+,14-,15-,16+,17+,18+/m1/s1. The Labute approximate surface area is 170 Å². The zero-order valence-electron chi connectivity index (χ0n) is 16.7. The van der Waals surface area contributed by atoms with Gasteiger partial charge in [0.15, 0.2) is 12.6 Å². The topological polar surface area (TPSA) is 167 Å². The number of nitrogens with zero attached hydrogens (tertiary/aromatic N) is 3. The van der Waals surface area contributed by atoms with Crippen molar-refractivity contribution in [2.75, 3.05) is 19.8 Å². The minimum absolute atomic E-state index is 0.178. The predicted octanol–water partition coefficient (Wildman–Crippen LogP) is 0.584. The van der Waals surface area contributed by atoms with E-state index >= 15 is 0 Å². The molecule has 0 saturated carbocycles. The van der Waals surface area contributed by atoms with Gasteiger partial charge in [0.1, 0.15) is 30.5 Å². The Bertz CT molecular complexity index is 521. The van der Waals surface area contributed by atoms with E-state index in [-0.39, 0.29) is 6.61 Å². The third-order valence-electron chi connectivity index (χ3n) is 5.21. The van der Waals surface area contributed by atoms with E-state index in [4.69, 9.17) is 24.5 Å². The van der Waals surface area contributed by atoms with Crippen molar-refractivity contribution in [3.05, 3.63) is 10.4 Å². The van der Waals surface area contributed by atoms with Crippen LogP contribution in [0.25, 0.3) is 10.4 Å². The first-order valence-corrected chi connectivity index (χ1v) is 10.3. The monoisotopic (exact) mass is 419 g/mol. The molecule has 0 amide bonds. The van der Waals surface area contributed by atoms with Crippen LogP contribution in [0.2, 0.25) is 0 Å². The van der Waals surface area contributed by atoms with Gasteiger partial charge < -0.3 is 39.4 Å². The van der Waals surface area contributed by atoms with E-state index < -0.39 is 55.7 Å². The average Bonchev–Trinajstić information content (AvgIpc) is 3.17. The van der Waals surface area contributed by atoms with Crippen LogP contribution in [0.5, 0.6) is 0 Å². The number of aliphatic hydroxyl groups is 4. The Hall–Kier alpha value is -1.01. The second-order valence-electron chi connectivity index (χ2n) is 7.41. The first kappa shape index (κ1) is 24.3. The van der Waals surface area contributed by atoms with Gasteiger partial charge in [-0.3, -0.25) is 0 Å². The Morgan fingerprint density at radius 1 is 0.897 bits per heavy atom. The van der Waals surface area contributed by atoms with Crippen LogP contribution in [0.1, 0.15) is 45.4 Å². The zero-order chi connectivity index (χ0) is 21.2. The van der Waals surface area contributed by atoms with E-state index in [0.717, 1.165) is 19.3 Å². The van der Waals surface area contributed by atoms with Crippen LogP contribution in [-0.4, -0.2) is 89.4 Å². The van der Waals surface area contributed by atoms with Crippen molar-refractivity contribution in [1.82, 2.24) is 0 Å². The van der Waals surface area contributed by atoms with Gasteiger partial charge in [-0.05, 0) is 12.0 Å². The van der Waals surface area contributed by atoms with E-state index in [9.17, 15) is 20.4 Å². The molecule has 2 aliphatic heterocycles. The van der Waals surface area contributed by atoms with Crippen LogP contribution < -0.4 is 0 Å². The van der Waals surface area contributed by atoms with E-state index in [1.165, 1.54) is 19.3 Å². The van der Waals surface area contributed by atoms with Crippen molar-refractivity contribution in [1.29, 1.82) is 0 Å². The molecule has 2 fully saturated rings. The summed E-state index contributed by atoms with van der Waals surface area (Å²) in [5, 5.41) is 42.9. The molecule has 2 saturated heterocycles. The Balaban J connectivity index is 1.74. The normalized spacial score (nSPS) is 37.0. The average molecular weight is 419 g/mol. The van der Waals surface area contributed by atoms with Gasteiger partial charge in [0, 0.05) is 11.5 Å². The molecule has 11 nitrogen and oxygen atoms in total. The second kappa shape index (κ2) is 12.6. The lowest BCUT2D eigenvalue weighted by Gasteiger charge is -2.20. The molecule has 0 aromatic carbocycles. The maximum Gasteiger partial charge on any atom is 0.186 e. The maximum absolute atomic E-state index is 10.2. The molecule has 0 bridgehead atoms. The lowest BCUT2D eigenvalue weighted by Crippen LogP contribution is -2.37. The Morgan fingerprint density at radius 3 is 2.28 bits per heavy atom. The first-order chi connectivity index (χ1) is 14.0. The zero-order valence-corrected chi connectivity index (χ0v) is 16.7. The van der Waals surface area contributed by atoms with Crippen LogP contribution in [0, 0.1) is 0 Å². The predicted molar refractivity (Wildman–Crippen MR) is 101 cm³/mol. The molecule has 168 valence electrons. The third-order valence-corrected chi connectivity index (χ3v) is 5.21. The van der Waals surface area contributed by atoms with E-state index in [0.29, 0.717) is 6.61 Å². The van der Waals surface area contributed by atoms with Crippen molar-refractivity contribution in [2.45, 2.75) is 94.6 Å². The number of rotatable bonds is 13. The molecule has 2 aliphatic rings. The highest BCUT2D eigenvalue weighted by Crippen LogP contribution is 2.28. The summed E-state index contributed by atoms with van der Waals surface area (Å²) in [6.45, 7) is 1.94. The summed E-state index contributed by atoms with van der Waals surface area (Å²) < 4.78 is 21.9. The molecule has 0 radical (unpaired) electrons. The van der Waals surface area contributed by atoms with Gasteiger partial charge >= 0.3 is 0 Å². The van der Waals surface area contributed by atoms with Gasteiger partial charge in [0.05, 0.1) is 19.3 Å². The number of hydrogen-bond donors (Lipinski definition) is 4. The lowest BCUT2D eigenvalue weighted by molar-refractivity contribution is -0.195. The summed E-state index contributed by atoms with van der Waals surface area (Å²) in [5.41, 5.74) is 8.63. The molecular weight excluding hydrogens is 386 g/mol. The summed E-state index contributed by atoms with van der Waals surface area (Å²) in [6.07, 6.45) is -0.893. The van der Waals surface area contributed by atoms with Crippen LogP contribution in [0.15, 0.2) is 5.11 Å². The summed E-state index contributed by atoms with van der Waals surface area (Å²) in [5.74, 6) is 0. The van der Waals surface area contributed by atoms with Gasteiger partial charge in [0.2, 0.25) is 0 Å². The summed E-state index contributed by atoms with van der Waals surface area (Å²) >= 11 is 0. The van der Waals surface area contributed by atoms with Crippen LogP contribution in [0.3, 0.4) is 0 Å². The maximum atomic E-state index is 10.2. The van der Waals surface area contributed by atoms with Gasteiger partial charge in [-0.25, -0.2) is 0 Å². The minimum Gasteiger partial charge on any atom is -0.394 e. The van der Waals surface area contributed by atoms with E-state index in [1.54, 1.807) is 0 Å². The van der Waals surface area contributed by atoms with Crippen molar-refractivity contribution < 1.29 is 39.4 Å². The number of azide groups is 1. The van der Waals surface area contributed by atoms with Gasteiger partial charge in [-0.15, -0.1) is 0 Å². The number of aliphatic hydroxyl groups excluding tert-OH is 4. The lowest BCUT2D eigenvalue weighted by atomic mass is 10.1. The molecule has 2 heterocycles. The molecule has 4 N–H and O–H groups in total.